The van der Waals surface area contributed by atoms with Crippen LogP contribution in [0.4, 0.5) is 4.39 Å². The fourth-order valence-electron chi connectivity index (χ4n) is 1.29. The van der Waals surface area contributed by atoms with Crippen molar-refractivity contribution in [1.82, 2.24) is 4.98 Å². The molecule has 0 aliphatic heterocycles. The zero-order chi connectivity index (χ0) is 10.3. The van der Waals surface area contributed by atoms with E-state index in [1.54, 1.807) is 6.07 Å². The number of aromatic nitrogens is 1. The minimum absolute atomic E-state index is 0.0602. The maximum atomic E-state index is 13.4. The molecular formula is C8H5BrFNO2S. The predicted molar refractivity (Wildman–Crippen MR) is 55.0 cm³/mol. The number of aromatic amines is 1. The Morgan fingerprint density at radius 1 is 1.50 bits per heavy atom. The van der Waals surface area contributed by atoms with Crippen molar-refractivity contribution in [2.45, 2.75) is 4.90 Å². The second kappa shape index (κ2) is 3.45. The molecule has 1 aromatic carbocycles. The van der Waals surface area contributed by atoms with Crippen LogP contribution < -0.4 is 0 Å². The van der Waals surface area contributed by atoms with Crippen LogP contribution in [0.5, 0.6) is 0 Å². The van der Waals surface area contributed by atoms with Crippen LogP contribution in [0.2, 0.25) is 0 Å². The molecule has 74 valence electrons. The lowest BCUT2D eigenvalue weighted by Gasteiger charge is -1.96. The summed E-state index contributed by atoms with van der Waals surface area (Å²) in [5.41, 5.74) is 0.495. The van der Waals surface area contributed by atoms with Crippen molar-refractivity contribution in [1.29, 1.82) is 0 Å². The fourth-order valence-corrected chi connectivity index (χ4v) is 2.26. The quantitative estimate of drug-likeness (QED) is 0.788. The van der Waals surface area contributed by atoms with E-state index < -0.39 is 16.9 Å². The molecule has 2 N–H and O–H groups in total. The van der Waals surface area contributed by atoms with Crippen LogP contribution in [0.1, 0.15) is 0 Å². The van der Waals surface area contributed by atoms with E-state index in [4.69, 9.17) is 4.55 Å². The SMILES string of the molecule is O=S(O)c1c[nH]c2cc(Br)cc(F)c12. The van der Waals surface area contributed by atoms with Crippen LogP contribution >= 0.6 is 15.9 Å². The minimum Gasteiger partial charge on any atom is -0.360 e. The highest BCUT2D eigenvalue weighted by Crippen LogP contribution is 2.27. The molecule has 0 spiro atoms. The smallest absolute Gasteiger partial charge is 0.188 e. The number of hydrogen-bond donors (Lipinski definition) is 2. The van der Waals surface area contributed by atoms with Gasteiger partial charge in [0.25, 0.3) is 0 Å². The lowest BCUT2D eigenvalue weighted by atomic mass is 10.2. The summed E-state index contributed by atoms with van der Waals surface area (Å²) in [4.78, 5) is 2.79. The third kappa shape index (κ3) is 1.49. The van der Waals surface area contributed by atoms with Crippen molar-refractivity contribution in [2.24, 2.45) is 0 Å². The molecule has 1 unspecified atom stereocenters. The number of H-pyrrole nitrogens is 1. The Bertz CT molecular complexity index is 525. The lowest BCUT2D eigenvalue weighted by molar-refractivity contribution is 0.564. The van der Waals surface area contributed by atoms with Crippen LogP contribution in [-0.2, 0) is 11.1 Å². The number of halogens is 2. The Morgan fingerprint density at radius 3 is 2.86 bits per heavy atom. The number of hydrogen-bond acceptors (Lipinski definition) is 1. The second-order valence-electron chi connectivity index (χ2n) is 2.71. The van der Waals surface area contributed by atoms with E-state index in [0.29, 0.717) is 9.99 Å². The molecule has 0 radical (unpaired) electrons. The summed E-state index contributed by atoms with van der Waals surface area (Å²) in [5, 5.41) is 0.161. The average molecular weight is 278 g/mol. The molecule has 0 saturated heterocycles. The minimum atomic E-state index is -2.18. The van der Waals surface area contributed by atoms with Gasteiger partial charge < -0.3 is 9.54 Å². The molecule has 3 nitrogen and oxygen atoms in total. The molecule has 0 aliphatic carbocycles. The highest BCUT2D eigenvalue weighted by molar-refractivity contribution is 9.10. The monoisotopic (exact) mass is 277 g/mol. The van der Waals surface area contributed by atoms with Gasteiger partial charge in [-0.05, 0) is 12.1 Å². The van der Waals surface area contributed by atoms with Crippen molar-refractivity contribution >= 4 is 37.9 Å². The number of rotatable bonds is 1. The molecule has 2 rings (SSSR count). The van der Waals surface area contributed by atoms with Gasteiger partial charge in [0.1, 0.15) is 5.82 Å². The Kier molecular flexibility index (Phi) is 2.42. The summed E-state index contributed by atoms with van der Waals surface area (Å²) in [6, 6.07) is 2.90. The number of fused-ring (bicyclic) bond motifs is 1. The molecule has 0 bridgehead atoms. The summed E-state index contributed by atoms with van der Waals surface area (Å²) in [7, 11) is 0. The summed E-state index contributed by atoms with van der Waals surface area (Å²) >= 11 is 0.955. The van der Waals surface area contributed by atoms with Crippen molar-refractivity contribution in [2.75, 3.05) is 0 Å². The number of benzene rings is 1. The summed E-state index contributed by atoms with van der Waals surface area (Å²) in [6.07, 6.45) is 1.33. The van der Waals surface area contributed by atoms with E-state index in [9.17, 15) is 8.60 Å². The first-order valence-corrected chi connectivity index (χ1v) is 5.56. The Balaban J connectivity index is 2.85. The Hall–Kier alpha value is -0.720. The molecule has 2 aromatic rings. The van der Waals surface area contributed by atoms with Crippen molar-refractivity contribution in [3.05, 3.63) is 28.6 Å². The van der Waals surface area contributed by atoms with E-state index in [0.717, 1.165) is 0 Å². The van der Waals surface area contributed by atoms with Crippen molar-refractivity contribution in [3.63, 3.8) is 0 Å². The third-order valence-electron chi connectivity index (χ3n) is 1.85. The van der Waals surface area contributed by atoms with Crippen LogP contribution in [0, 0.1) is 5.82 Å². The van der Waals surface area contributed by atoms with Crippen molar-refractivity contribution in [3.8, 4) is 0 Å². The summed E-state index contributed by atoms with van der Waals surface area (Å²) in [6.45, 7) is 0. The largest absolute Gasteiger partial charge is 0.360 e. The second-order valence-corrected chi connectivity index (χ2v) is 4.57. The van der Waals surface area contributed by atoms with Gasteiger partial charge >= 0.3 is 0 Å². The van der Waals surface area contributed by atoms with Gasteiger partial charge in [0.2, 0.25) is 0 Å². The molecule has 6 heteroatoms. The molecule has 0 amide bonds. The fraction of sp³-hybridized carbons (Fsp3) is 0. The zero-order valence-electron chi connectivity index (χ0n) is 6.75. The van der Waals surface area contributed by atoms with Gasteiger partial charge in [0.15, 0.2) is 11.1 Å². The van der Waals surface area contributed by atoms with Gasteiger partial charge in [-0.25, -0.2) is 8.60 Å². The van der Waals surface area contributed by atoms with Crippen LogP contribution in [-0.4, -0.2) is 13.7 Å². The molecule has 1 atom stereocenters. The molecule has 0 fully saturated rings. The third-order valence-corrected chi connectivity index (χ3v) is 3.00. The average Bonchev–Trinajstić information content (AvgIpc) is 2.47. The van der Waals surface area contributed by atoms with Gasteiger partial charge in [-0.2, -0.15) is 0 Å². The molecule has 14 heavy (non-hydrogen) atoms. The summed E-state index contributed by atoms with van der Waals surface area (Å²) in [5.74, 6) is -0.520. The van der Waals surface area contributed by atoms with E-state index in [-0.39, 0.29) is 10.3 Å². The molecular weight excluding hydrogens is 273 g/mol. The topological polar surface area (TPSA) is 53.1 Å². The van der Waals surface area contributed by atoms with Crippen LogP contribution in [0.25, 0.3) is 10.9 Å². The van der Waals surface area contributed by atoms with E-state index in [1.165, 1.54) is 12.3 Å². The van der Waals surface area contributed by atoms with Crippen LogP contribution in [0.3, 0.4) is 0 Å². The molecule has 0 saturated carbocycles. The highest BCUT2D eigenvalue weighted by atomic mass is 79.9. The van der Waals surface area contributed by atoms with E-state index in [1.807, 2.05) is 0 Å². The lowest BCUT2D eigenvalue weighted by Crippen LogP contribution is -1.87. The van der Waals surface area contributed by atoms with Gasteiger partial charge in [0, 0.05) is 10.7 Å². The van der Waals surface area contributed by atoms with Gasteiger partial charge in [-0.15, -0.1) is 0 Å². The zero-order valence-corrected chi connectivity index (χ0v) is 9.15. The van der Waals surface area contributed by atoms with E-state index in [2.05, 4.69) is 20.9 Å². The van der Waals surface area contributed by atoms with Gasteiger partial charge in [0.05, 0.1) is 15.8 Å². The molecule has 0 aliphatic rings. The first-order chi connectivity index (χ1) is 6.59. The normalized spacial score (nSPS) is 13.4. The Morgan fingerprint density at radius 2 is 2.21 bits per heavy atom. The maximum absolute atomic E-state index is 13.4. The highest BCUT2D eigenvalue weighted by Gasteiger charge is 2.13. The van der Waals surface area contributed by atoms with E-state index >= 15 is 0 Å². The first kappa shape index (κ1) is 9.82. The molecule has 1 heterocycles. The van der Waals surface area contributed by atoms with Crippen molar-refractivity contribution < 1.29 is 13.2 Å². The number of nitrogens with one attached hydrogen (secondary N) is 1. The summed E-state index contributed by atoms with van der Waals surface area (Å²) < 4.78 is 33.7. The first-order valence-electron chi connectivity index (χ1n) is 3.66. The van der Waals surface area contributed by atoms with Gasteiger partial charge in [-0.1, -0.05) is 15.9 Å². The maximum Gasteiger partial charge on any atom is 0.188 e. The molecule has 1 aromatic heterocycles. The predicted octanol–water partition coefficient (Wildman–Crippen LogP) is 2.65. The van der Waals surface area contributed by atoms with Crippen LogP contribution in [0.15, 0.2) is 27.7 Å². The van der Waals surface area contributed by atoms with Gasteiger partial charge in [-0.3, -0.25) is 0 Å². The standard InChI is InChI=1S/C8H5BrFNO2S/c9-4-1-5(10)8-6(2-4)11-3-7(8)14(12)13/h1-3,11H,(H,12,13). The Labute approximate surface area is 89.7 Å².